The topological polar surface area (TPSA) is 172 Å². The smallest absolute Gasteiger partial charge is 0.472 e. The van der Waals surface area contributed by atoms with Crippen molar-refractivity contribution in [2.75, 3.05) is 19.8 Å². The number of phosphoric acid groups is 1. The summed E-state index contributed by atoms with van der Waals surface area (Å²) in [5.74, 6) is -2.38. The Kier molecular flexibility index (Phi) is 39.8. The average molecular weight is 842 g/mol. The van der Waals surface area contributed by atoms with Gasteiger partial charge in [0, 0.05) is 12.8 Å². The van der Waals surface area contributed by atoms with E-state index in [9.17, 15) is 23.8 Å². The molecule has 1 unspecified atom stereocenters. The minimum Gasteiger partial charge on any atom is -0.480 e. The Labute approximate surface area is 353 Å². The molecule has 0 rings (SSSR count). The fourth-order valence-electron chi connectivity index (χ4n) is 6.21. The summed E-state index contributed by atoms with van der Waals surface area (Å²) in [6.45, 7) is 2.77. The number of allylic oxidation sites excluding steroid dienone is 6. The van der Waals surface area contributed by atoms with Crippen molar-refractivity contribution < 1.29 is 47.5 Å². The number of hydrogen-bond donors (Lipinski definition) is 3. The van der Waals surface area contributed by atoms with Crippen molar-refractivity contribution in [2.45, 2.75) is 219 Å². The van der Waals surface area contributed by atoms with E-state index < -0.39 is 51.1 Å². The number of carboxylic acids is 1. The molecule has 0 amide bonds. The van der Waals surface area contributed by atoms with Crippen molar-refractivity contribution in [2.24, 2.45) is 5.73 Å². The van der Waals surface area contributed by atoms with Gasteiger partial charge in [-0.15, -0.1) is 0 Å². The number of unbranched alkanes of at least 4 members (excludes halogenated alkanes) is 23. The largest absolute Gasteiger partial charge is 0.480 e. The van der Waals surface area contributed by atoms with Crippen LogP contribution in [-0.2, 0) is 37.5 Å². The maximum absolute atomic E-state index is 12.6. The van der Waals surface area contributed by atoms with Gasteiger partial charge in [0.2, 0.25) is 0 Å². The SMILES string of the molecule is CCCCC/C=C\C/C=C\CCCCCCCCCCCC(=O)OC[C@H](COP(=O)(O)OC[C@H](N)C(=O)O)OC(=O)CCCCCCCCC/C=C\CCCCCC. The number of carbonyl (C=O) groups is 3. The Morgan fingerprint density at radius 3 is 1.40 bits per heavy atom. The number of esters is 2. The van der Waals surface area contributed by atoms with Crippen molar-refractivity contribution in [3.05, 3.63) is 36.5 Å². The Morgan fingerprint density at radius 2 is 0.914 bits per heavy atom. The standard InChI is InChI=1S/C46H84NO10P/c1-3-5-7-9-11-13-15-17-19-20-21-22-24-25-27-29-31-33-35-37-44(48)54-39-42(40-55-58(52,53)56-41-43(47)46(50)51)57-45(49)38-36-34-32-30-28-26-23-18-16-14-12-10-8-6-4-2/h11,13-14,16-17,19,42-43H,3-10,12,15,18,20-41,47H2,1-2H3,(H,50,51)(H,52,53)/b13-11-,16-14-,19-17-/t42-,43+/m1/s1. The Balaban J connectivity index is 4.31. The zero-order valence-corrected chi connectivity index (χ0v) is 37.5. The molecule has 0 bridgehead atoms. The van der Waals surface area contributed by atoms with Gasteiger partial charge < -0.3 is 25.2 Å². The number of ether oxygens (including phenoxy) is 2. The van der Waals surface area contributed by atoms with Crippen molar-refractivity contribution in [1.82, 2.24) is 0 Å². The first kappa shape index (κ1) is 55.7. The van der Waals surface area contributed by atoms with Gasteiger partial charge in [0.05, 0.1) is 13.2 Å². The summed E-state index contributed by atoms with van der Waals surface area (Å²) >= 11 is 0. The number of hydrogen-bond acceptors (Lipinski definition) is 9. The van der Waals surface area contributed by atoms with Crippen molar-refractivity contribution in [3.8, 4) is 0 Å². The van der Waals surface area contributed by atoms with Crippen LogP contribution in [0, 0.1) is 0 Å². The zero-order chi connectivity index (χ0) is 42.8. The van der Waals surface area contributed by atoms with Crippen molar-refractivity contribution in [3.63, 3.8) is 0 Å². The highest BCUT2D eigenvalue weighted by Crippen LogP contribution is 2.43. The molecule has 0 aliphatic rings. The van der Waals surface area contributed by atoms with E-state index in [1.54, 1.807) is 0 Å². The first-order valence-electron chi connectivity index (χ1n) is 23.0. The molecule has 58 heavy (non-hydrogen) atoms. The van der Waals surface area contributed by atoms with Gasteiger partial charge in [-0.05, 0) is 70.6 Å². The molecular weight excluding hydrogens is 757 g/mol. The fraction of sp³-hybridized carbons (Fsp3) is 0.804. The average Bonchev–Trinajstić information content (AvgIpc) is 3.20. The molecule has 0 radical (unpaired) electrons. The number of phosphoric ester groups is 1. The summed E-state index contributed by atoms with van der Waals surface area (Å²) in [6.07, 6.45) is 44.8. The molecule has 12 heteroatoms. The molecule has 0 saturated heterocycles. The van der Waals surface area contributed by atoms with E-state index in [2.05, 4.69) is 54.8 Å². The van der Waals surface area contributed by atoms with E-state index in [4.69, 9.17) is 24.8 Å². The van der Waals surface area contributed by atoms with Crippen LogP contribution in [0.3, 0.4) is 0 Å². The summed E-state index contributed by atoms with van der Waals surface area (Å²) in [5, 5.41) is 8.90. The molecule has 338 valence electrons. The quantitative estimate of drug-likeness (QED) is 0.0231. The van der Waals surface area contributed by atoms with Crippen LogP contribution in [0.25, 0.3) is 0 Å². The van der Waals surface area contributed by atoms with Gasteiger partial charge in [0.25, 0.3) is 0 Å². The van der Waals surface area contributed by atoms with E-state index in [0.29, 0.717) is 12.8 Å². The lowest BCUT2D eigenvalue weighted by Crippen LogP contribution is -2.34. The monoisotopic (exact) mass is 842 g/mol. The molecule has 0 heterocycles. The highest BCUT2D eigenvalue weighted by atomic mass is 31.2. The van der Waals surface area contributed by atoms with E-state index in [0.717, 1.165) is 64.2 Å². The molecule has 0 aromatic heterocycles. The number of carbonyl (C=O) groups excluding carboxylic acids is 2. The lowest BCUT2D eigenvalue weighted by atomic mass is 10.1. The third-order valence-electron chi connectivity index (χ3n) is 9.86. The van der Waals surface area contributed by atoms with Gasteiger partial charge in [-0.2, -0.15) is 0 Å². The molecule has 0 aliphatic heterocycles. The molecule has 0 aliphatic carbocycles. The van der Waals surface area contributed by atoms with E-state index in [1.165, 1.54) is 103 Å². The third-order valence-corrected chi connectivity index (χ3v) is 10.8. The van der Waals surface area contributed by atoms with Crippen LogP contribution in [0.5, 0.6) is 0 Å². The molecule has 4 N–H and O–H groups in total. The lowest BCUT2D eigenvalue weighted by molar-refractivity contribution is -0.161. The highest BCUT2D eigenvalue weighted by molar-refractivity contribution is 7.47. The second-order valence-electron chi connectivity index (χ2n) is 15.5. The van der Waals surface area contributed by atoms with Gasteiger partial charge in [0.15, 0.2) is 6.10 Å². The first-order valence-corrected chi connectivity index (χ1v) is 24.5. The number of aliphatic carboxylic acids is 1. The summed E-state index contributed by atoms with van der Waals surface area (Å²) in [5.41, 5.74) is 5.34. The van der Waals surface area contributed by atoms with E-state index in [1.807, 2.05) is 0 Å². The lowest BCUT2D eigenvalue weighted by Gasteiger charge is -2.20. The van der Waals surface area contributed by atoms with Gasteiger partial charge in [0.1, 0.15) is 12.6 Å². The maximum Gasteiger partial charge on any atom is 0.472 e. The minimum atomic E-state index is -4.72. The fourth-order valence-corrected chi connectivity index (χ4v) is 6.99. The summed E-state index contributed by atoms with van der Waals surface area (Å²) in [6, 6.07) is -1.52. The van der Waals surface area contributed by atoms with E-state index >= 15 is 0 Å². The van der Waals surface area contributed by atoms with Crippen LogP contribution >= 0.6 is 7.82 Å². The second kappa shape index (κ2) is 41.4. The third kappa shape index (κ3) is 40.5. The molecule has 0 spiro atoms. The van der Waals surface area contributed by atoms with Gasteiger partial charge in [-0.25, -0.2) is 4.57 Å². The Hall–Kier alpha value is -2.30. The van der Waals surface area contributed by atoms with E-state index in [-0.39, 0.29) is 19.4 Å². The maximum atomic E-state index is 12.6. The molecule has 0 aromatic rings. The normalized spacial score (nSPS) is 14.0. The van der Waals surface area contributed by atoms with Crippen LogP contribution in [0.2, 0.25) is 0 Å². The van der Waals surface area contributed by atoms with Crippen LogP contribution in [0.4, 0.5) is 0 Å². The van der Waals surface area contributed by atoms with Crippen LogP contribution < -0.4 is 5.73 Å². The zero-order valence-electron chi connectivity index (χ0n) is 36.6. The molecular formula is C46H84NO10P. The summed E-state index contributed by atoms with van der Waals surface area (Å²) in [4.78, 5) is 46.0. The number of rotatable bonds is 43. The second-order valence-corrected chi connectivity index (χ2v) is 17.0. The molecule has 11 nitrogen and oxygen atoms in total. The summed E-state index contributed by atoms with van der Waals surface area (Å²) in [7, 11) is -4.72. The number of carboxylic acid groups (broad SMARTS) is 1. The Morgan fingerprint density at radius 1 is 0.534 bits per heavy atom. The molecule has 0 aromatic carbocycles. The van der Waals surface area contributed by atoms with Crippen LogP contribution in [0.15, 0.2) is 36.5 Å². The Bertz CT molecular complexity index is 1130. The first-order chi connectivity index (χ1) is 28.1. The minimum absolute atomic E-state index is 0.156. The van der Waals surface area contributed by atoms with Crippen LogP contribution in [-0.4, -0.2) is 59.9 Å². The molecule has 0 fully saturated rings. The predicted octanol–water partition coefficient (Wildman–Crippen LogP) is 12.4. The highest BCUT2D eigenvalue weighted by Gasteiger charge is 2.28. The number of nitrogens with two attached hydrogens (primary N) is 1. The summed E-state index contributed by atoms with van der Waals surface area (Å²) < 4.78 is 32.7. The molecule has 3 atom stereocenters. The van der Waals surface area contributed by atoms with Gasteiger partial charge >= 0.3 is 25.7 Å². The van der Waals surface area contributed by atoms with Crippen LogP contribution in [0.1, 0.15) is 206 Å². The predicted molar refractivity (Wildman–Crippen MR) is 235 cm³/mol. The molecule has 0 saturated carbocycles. The van der Waals surface area contributed by atoms with Crippen molar-refractivity contribution in [1.29, 1.82) is 0 Å². The van der Waals surface area contributed by atoms with Gasteiger partial charge in [-0.1, -0.05) is 159 Å². The van der Waals surface area contributed by atoms with Crippen molar-refractivity contribution >= 4 is 25.7 Å². The van der Waals surface area contributed by atoms with Gasteiger partial charge in [-0.3, -0.25) is 23.4 Å².